The van der Waals surface area contributed by atoms with Gasteiger partial charge < -0.3 is 9.26 Å². The van der Waals surface area contributed by atoms with Crippen molar-refractivity contribution in [2.24, 2.45) is 5.41 Å². The van der Waals surface area contributed by atoms with Crippen LogP contribution in [-0.4, -0.2) is 23.0 Å². The highest BCUT2D eigenvalue weighted by Gasteiger charge is 2.23. The van der Waals surface area contributed by atoms with E-state index in [9.17, 15) is 4.79 Å². The van der Waals surface area contributed by atoms with E-state index in [1.807, 2.05) is 45.0 Å². The predicted molar refractivity (Wildman–Crippen MR) is 74.5 cm³/mol. The highest BCUT2D eigenvalue weighted by Crippen LogP contribution is 2.21. The Morgan fingerprint density at radius 3 is 2.45 bits per heavy atom. The Hall–Kier alpha value is -2.17. The molecule has 20 heavy (non-hydrogen) atoms. The monoisotopic (exact) mass is 274 g/mol. The average molecular weight is 274 g/mol. The van der Waals surface area contributed by atoms with Crippen LogP contribution in [0.3, 0.4) is 0 Å². The second kappa shape index (κ2) is 5.45. The van der Waals surface area contributed by atoms with Crippen molar-refractivity contribution in [2.75, 3.05) is 7.11 Å². The third-order valence-electron chi connectivity index (χ3n) is 2.96. The Balaban J connectivity index is 2.14. The highest BCUT2D eigenvalue weighted by atomic mass is 16.5. The number of hydrogen-bond donors (Lipinski definition) is 0. The molecule has 1 aromatic carbocycles. The molecule has 0 atom stereocenters. The molecule has 0 amide bonds. The van der Waals surface area contributed by atoms with Crippen LogP contribution in [0, 0.1) is 5.41 Å². The Bertz CT molecular complexity index is 594. The van der Waals surface area contributed by atoms with E-state index in [4.69, 9.17) is 9.26 Å². The molecule has 0 aliphatic carbocycles. The van der Waals surface area contributed by atoms with Crippen LogP contribution >= 0.6 is 0 Å². The predicted octanol–water partition coefficient (Wildman–Crippen LogP) is 2.90. The van der Waals surface area contributed by atoms with Crippen LogP contribution in [-0.2, 0) is 11.2 Å². The summed E-state index contributed by atoms with van der Waals surface area (Å²) >= 11 is 0. The molecule has 1 heterocycles. The molecule has 0 aliphatic heterocycles. The van der Waals surface area contributed by atoms with E-state index in [2.05, 4.69) is 10.1 Å². The van der Waals surface area contributed by atoms with E-state index in [1.165, 1.54) is 0 Å². The number of ether oxygens (including phenoxy) is 1. The molecule has 0 saturated heterocycles. The fraction of sp³-hybridized carbons (Fsp3) is 0.400. The van der Waals surface area contributed by atoms with E-state index >= 15 is 0 Å². The zero-order valence-corrected chi connectivity index (χ0v) is 12.1. The molecule has 5 heteroatoms. The smallest absolute Gasteiger partial charge is 0.234 e. The maximum absolute atomic E-state index is 11.9. The van der Waals surface area contributed by atoms with Crippen molar-refractivity contribution in [3.8, 4) is 17.1 Å². The van der Waals surface area contributed by atoms with Gasteiger partial charge in [-0.15, -0.1) is 0 Å². The summed E-state index contributed by atoms with van der Waals surface area (Å²) in [7, 11) is 1.61. The Morgan fingerprint density at radius 2 is 1.90 bits per heavy atom. The molecule has 0 aliphatic rings. The summed E-state index contributed by atoms with van der Waals surface area (Å²) < 4.78 is 10.2. The van der Waals surface area contributed by atoms with Gasteiger partial charge in [0.2, 0.25) is 11.7 Å². The van der Waals surface area contributed by atoms with Gasteiger partial charge in [-0.05, 0) is 24.3 Å². The molecule has 0 N–H and O–H groups in total. The second-order valence-corrected chi connectivity index (χ2v) is 5.59. The number of methoxy groups -OCH3 is 1. The van der Waals surface area contributed by atoms with Gasteiger partial charge in [-0.3, -0.25) is 4.79 Å². The lowest BCUT2D eigenvalue weighted by Gasteiger charge is -2.14. The zero-order valence-electron chi connectivity index (χ0n) is 12.1. The van der Waals surface area contributed by atoms with Gasteiger partial charge >= 0.3 is 0 Å². The van der Waals surface area contributed by atoms with E-state index < -0.39 is 5.41 Å². The molecular formula is C15H18N2O3. The lowest BCUT2D eigenvalue weighted by atomic mass is 9.89. The number of nitrogens with zero attached hydrogens (tertiary/aromatic N) is 2. The van der Waals surface area contributed by atoms with Gasteiger partial charge in [0.25, 0.3) is 0 Å². The topological polar surface area (TPSA) is 65.2 Å². The molecule has 0 saturated carbocycles. The van der Waals surface area contributed by atoms with Gasteiger partial charge in [0.15, 0.2) is 0 Å². The van der Waals surface area contributed by atoms with Crippen LogP contribution in [0.25, 0.3) is 11.4 Å². The molecule has 0 unspecified atom stereocenters. The minimum Gasteiger partial charge on any atom is -0.497 e. The normalized spacial score (nSPS) is 11.4. The first-order chi connectivity index (χ1) is 9.40. The Labute approximate surface area is 118 Å². The van der Waals surface area contributed by atoms with E-state index in [0.717, 1.165) is 11.3 Å². The summed E-state index contributed by atoms with van der Waals surface area (Å²) in [6.07, 6.45) is 0.159. The standard InChI is InChI=1S/C15H18N2O3/c1-15(2,3)12(18)9-13-16-14(17-20-13)10-5-7-11(19-4)8-6-10/h5-8H,9H2,1-4H3. The minimum atomic E-state index is -0.408. The molecule has 2 aromatic rings. The number of aromatic nitrogens is 2. The number of hydrogen-bond acceptors (Lipinski definition) is 5. The van der Waals surface area contributed by atoms with Crippen LogP contribution < -0.4 is 4.74 Å². The van der Waals surface area contributed by atoms with Crippen LogP contribution in [0.2, 0.25) is 0 Å². The van der Waals surface area contributed by atoms with Gasteiger partial charge in [-0.25, -0.2) is 0 Å². The largest absolute Gasteiger partial charge is 0.497 e. The van der Waals surface area contributed by atoms with Crippen molar-refractivity contribution in [1.82, 2.24) is 10.1 Å². The quantitative estimate of drug-likeness (QED) is 0.857. The van der Waals surface area contributed by atoms with E-state index in [0.29, 0.717) is 11.7 Å². The van der Waals surface area contributed by atoms with Crippen molar-refractivity contribution in [3.63, 3.8) is 0 Å². The fourth-order valence-corrected chi connectivity index (χ4v) is 1.59. The van der Waals surface area contributed by atoms with Gasteiger partial charge in [-0.1, -0.05) is 25.9 Å². The molecule has 0 spiro atoms. The molecular weight excluding hydrogens is 256 g/mol. The van der Waals surface area contributed by atoms with Crippen LogP contribution in [0.15, 0.2) is 28.8 Å². The number of rotatable bonds is 4. The van der Waals surface area contributed by atoms with Gasteiger partial charge in [0.05, 0.1) is 13.5 Å². The van der Waals surface area contributed by atoms with Crippen LogP contribution in [0.5, 0.6) is 5.75 Å². The van der Waals surface area contributed by atoms with Crippen LogP contribution in [0.4, 0.5) is 0 Å². The van der Waals surface area contributed by atoms with Crippen molar-refractivity contribution >= 4 is 5.78 Å². The number of benzene rings is 1. The van der Waals surface area contributed by atoms with Crippen LogP contribution in [0.1, 0.15) is 26.7 Å². The van der Waals surface area contributed by atoms with E-state index in [-0.39, 0.29) is 12.2 Å². The summed E-state index contributed by atoms with van der Waals surface area (Å²) in [5.74, 6) is 1.66. The Kier molecular flexibility index (Phi) is 3.88. The molecule has 0 radical (unpaired) electrons. The van der Waals surface area contributed by atoms with Crippen molar-refractivity contribution in [2.45, 2.75) is 27.2 Å². The molecule has 0 bridgehead atoms. The molecule has 2 rings (SSSR count). The molecule has 106 valence electrons. The maximum Gasteiger partial charge on any atom is 0.234 e. The maximum atomic E-state index is 11.9. The molecule has 0 fully saturated rings. The molecule has 1 aromatic heterocycles. The van der Waals surface area contributed by atoms with Gasteiger partial charge in [0, 0.05) is 11.0 Å². The van der Waals surface area contributed by atoms with Crippen molar-refractivity contribution in [3.05, 3.63) is 30.2 Å². The number of carbonyl (C=O) groups is 1. The highest BCUT2D eigenvalue weighted by molar-refractivity contribution is 5.85. The molecule has 5 nitrogen and oxygen atoms in total. The lowest BCUT2D eigenvalue weighted by Crippen LogP contribution is -2.22. The summed E-state index contributed by atoms with van der Waals surface area (Å²) in [6, 6.07) is 7.34. The number of Topliss-reactive ketones (excluding diaryl/α,β-unsaturated/α-hetero) is 1. The third kappa shape index (κ3) is 3.23. The van der Waals surface area contributed by atoms with Crippen molar-refractivity contribution < 1.29 is 14.1 Å². The SMILES string of the molecule is COc1ccc(-c2noc(CC(=O)C(C)(C)C)n2)cc1. The first kappa shape index (κ1) is 14.2. The summed E-state index contributed by atoms with van der Waals surface area (Å²) in [4.78, 5) is 16.2. The lowest BCUT2D eigenvalue weighted by molar-refractivity contribution is -0.125. The van der Waals surface area contributed by atoms with E-state index in [1.54, 1.807) is 7.11 Å². The summed E-state index contributed by atoms with van der Waals surface area (Å²) in [6.45, 7) is 5.61. The van der Waals surface area contributed by atoms with Crippen molar-refractivity contribution in [1.29, 1.82) is 0 Å². The zero-order chi connectivity index (χ0) is 14.8. The van der Waals surface area contributed by atoms with Gasteiger partial charge in [0.1, 0.15) is 11.5 Å². The first-order valence-electron chi connectivity index (χ1n) is 6.40. The summed E-state index contributed by atoms with van der Waals surface area (Å²) in [5.41, 5.74) is 0.415. The minimum absolute atomic E-state index is 0.0717. The Morgan fingerprint density at radius 1 is 1.25 bits per heavy atom. The van der Waals surface area contributed by atoms with Gasteiger partial charge in [-0.2, -0.15) is 4.98 Å². The number of carbonyl (C=O) groups excluding carboxylic acids is 1. The first-order valence-corrected chi connectivity index (χ1v) is 6.40. The summed E-state index contributed by atoms with van der Waals surface area (Å²) in [5, 5.41) is 3.90. The third-order valence-corrected chi connectivity index (χ3v) is 2.96. The second-order valence-electron chi connectivity index (χ2n) is 5.59. The average Bonchev–Trinajstić information content (AvgIpc) is 2.86. The fourth-order valence-electron chi connectivity index (χ4n) is 1.59. The number of ketones is 1.